The molecule has 0 aliphatic heterocycles. The van der Waals surface area contributed by atoms with Crippen molar-refractivity contribution in [3.05, 3.63) is 0 Å². The zero-order valence-corrected chi connectivity index (χ0v) is 10.7. The van der Waals surface area contributed by atoms with E-state index < -0.39 is 0 Å². The normalized spacial score (nSPS) is 2.40. The summed E-state index contributed by atoms with van der Waals surface area (Å²) in [6.07, 6.45) is 3.17. The molecule has 0 heterocycles. The van der Waals surface area contributed by atoms with Gasteiger partial charge < -0.3 is 25.3 Å². The number of hydrogen-bond acceptors (Lipinski definition) is 2. The number of rotatable bonds is 0. The van der Waals surface area contributed by atoms with E-state index >= 15 is 0 Å². The van der Waals surface area contributed by atoms with Gasteiger partial charge in [-0.3, -0.25) is 0 Å². The van der Waals surface area contributed by atoms with Gasteiger partial charge in [-0.1, -0.05) is 0 Å². The van der Waals surface area contributed by atoms with Crippen molar-refractivity contribution in [1.29, 1.82) is 0 Å². The fraction of sp³-hybridized carbons (Fsp3) is 1.00. The molecule has 0 saturated carbocycles. The summed E-state index contributed by atoms with van der Waals surface area (Å²) in [5, 5.41) is 0. The summed E-state index contributed by atoms with van der Waals surface area (Å²) < 4.78 is 0. The van der Waals surface area contributed by atoms with Gasteiger partial charge in [0, 0.05) is 0 Å². The van der Waals surface area contributed by atoms with Crippen LogP contribution in [0.3, 0.4) is 0 Å². The molecular formula is C2H6HgS2. The van der Waals surface area contributed by atoms with Crippen molar-refractivity contribution < 1.29 is 27.7 Å². The second-order valence-corrected chi connectivity index (χ2v) is 0. The molecule has 0 aliphatic rings. The Hall–Kier alpha value is 1.64. The molecule has 0 aliphatic carbocycles. The maximum atomic E-state index is 4.08. The fourth-order valence-corrected chi connectivity index (χ4v) is 0. The van der Waals surface area contributed by atoms with Crippen LogP contribution in [0.1, 0.15) is 0 Å². The summed E-state index contributed by atoms with van der Waals surface area (Å²) in [5.41, 5.74) is 0. The molecule has 0 rings (SSSR count). The predicted molar refractivity (Wildman–Crippen MR) is 26.6 cm³/mol. The van der Waals surface area contributed by atoms with Gasteiger partial charge in [0.2, 0.25) is 0 Å². The summed E-state index contributed by atoms with van der Waals surface area (Å²) in [5.74, 6) is 0. The molecule has 0 radical (unpaired) electrons. The van der Waals surface area contributed by atoms with Crippen LogP contribution in [0.5, 0.6) is 0 Å². The molecule has 0 bridgehead atoms. The Balaban J connectivity index is -0.0000000133. The Labute approximate surface area is 65.1 Å². The van der Waals surface area contributed by atoms with E-state index in [-0.39, 0.29) is 27.7 Å². The first kappa shape index (κ1) is 15.9. The SMILES string of the molecule is C[S-].C[S-].[Hg+2]. The van der Waals surface area contributed by atoms with Gasteiger partial charge in [0.15, 0.2) is 0 Å². The molecule has 0 saturated heterocycles. The molecule has 0 aromatic carbocycles. The van der Waals surface area contributed by atoms with Gasteiger partial charge in [-0.05, 0) is 0 Å². The van der Waals surface area contributed by atoms with Gasteiger partial charge in [-0.15, -0.1) is 0 Å². The third-order valence-corrected chi connectivity index (χ3v) is 0. The van der Waals surface area contributed by atoms with Crippen molar-refractivity contribution in [1.82, 2.24) is 0 Å². The Kier molecular flexibility index (Phi) is 144. The first-order valence-electron chi connectivity index (χ1n) is 0.816. The second-order valence-electron chi connectivity index (χ2n) is 0. The maximum absolute atomic E-state index is 4.08. The minimum atomic E-state index is 0. The zero-order valence-electron chi connectivity index (χ0n) is 3.52. The molecule has 0 nitrogen and oxygen atoms in total. The molecule has 28 valence electrons. The summed E-state index contributed by atoms with van der Waals surface area (Å²) in [4.78, 5) is 0. The largest absolute Gasteiger partial charge is 2.00 e. The molecule has 0 N–H and O–H groups in total. The predicted octanol–water partition coefficient (Wildman–Crippen LogP) is 0.324. The Bertz CT molecular complexity index is 7.61. The van der Waals surface area contributed by atoms with E-state index in [0.29, 0.717) is 0 Å². The maximum Gasteiger partial charge on any atom is 2.00 e. The first-order valence-corrected chi connectivity index (χ1v) is 2.45. The van der Waals surface area contributed by atoms with E-state index in [2.05, 4.69) is 25.3 Å². The van der Waals surface area contributed by atoms with Crippen LogP contribution in [0.4, 0.5) is 0 Å². The average Bonchev–Trinajstić information content (AvgIpc) is 1.50. The average molecular weight is 295 g/mol. The summed E-state index contributed by atoms with van der Waals surface area (Å²) >= 11 is 8.17. The standard InChI is InChI=1S/2CH4S.Hg/c2*1-2;/h2*2H,1H3;/q;;+2/p-2. The molecule has 0 aromatic rings. The number of hydrogen-bond donors (Lipinski definition) is 0. The molecule has 0 aromatic heterocycles. The van der Waals surface area contributed by atoms with Crippen LogP contribution in [-0.2, 0) is 52.9 Å². The van der Waals surface area contributed by atoms with Gasteiger partial charge in [0.25, 0.3) is 0 Å². The van der Waals surface area contributed by atoms with E-state index in [0.717, 1.165) is 0 Å². The zero-order chi connectivity index (χ0) is 4.00. The Morgan fingerprint density at radius 1 is 0.800 bits per heavy atom. The molecule has 5 heavy (non-hydrogen) atoms. The van der Waals surface area contributed by atoms with Crippen molar-refractivity contribution in [2.75, 3.05) is 12.5 Å². The van der Waals surface area contributed by atoms with Crippen LogP contribution in [0.2, 0.25) is 0 Å². The van der Waals surface area contributed by atoms with Crippen molar-refractivity contribution in [2.24, 2.45) is 0 Å². The molecule has 0 atom stereocenters. The van der Waals surface area contributed by atoms with E-state index in [1.807, 2.05) is 0 Å². The first-order chi connectivity index (χ1) is 2.00. The monoisotopic (exact) mass is 296 g/mol. The van der Waals surface area contributed by atoms with Gasteiger partial charge in [-0.25, -0.2) is 0 Å². The minimum Gasteiger partial charge on any atom is -0.796 e. The third-order valence-electron chi connectivity index (χ3n) is 0. The van der Waals surface area contributed by atoms with Crippen molar-refractivity contribution in [3.63, 3.8) is 0 Å². The smallest absolute Gasteiger partial charge is 0.796 e. The van der Waals surface area contributed by atoms with E-state index in [4.69, 9.17) is 0 Å². The van der Waals surface area contributed by atoms with Crippen molar-refractivity contribution in [2.45, 2.75) is 0 Å². The molecule has 0 unspecified atom stereocenters. The minimum absolute atomic E-state index is 0. The van der Waals surface area contributed by atoms with Crippen LogP contribution in [0.25, 0.3) is 0 Å². The van der Waals surface area contributed by atoms with E-state index in [9.17, 15) is 0 Å². The second kappa shape index (κ2) is 45.3. The third kappa shape index (κ3) is 27.9. The summed E-state index contributed by atoms with van der Waals surface area (Å²) in [6, 6.07) is 0. The summed E-state index contributed by atoms with van der Waals surface area (Å²) in [6.45, 7) is 0. The van der Waals surface area contributed by atoms with Crippen molar-refractivity contribution in [3.8, 4) is 0 Å². The Morgan fingerprint density at radius 2 is 0.800 bits per heavy atom. The van der Waals surface area contributed by atoms with Gasteiger partial charge >= 0.3 is 27.7 Å². The van der Waals surface area contributed by atoms with Gasteiger partial charge in [-0.2, -0.15) is 12.5 Å². The van der Waals surface area contributed by atoms with Crippen LogP contribution < -0.4 is 0 Å². The van der Waals surface area contributed by atoms with Crippen LogP contribution >= 0.6 is 0 Å². The fourth-order valence-electron chi connectivity index (χ4n) is 0. The van der Waals surface area contributed by atoms with Gasteiger partial charge in [0.1, 0.15) is 0 Å². The van der Waals surface area contributed by atoms with Gasteiger partial charge in [0.05, 0.1) is 0 Å². The van der Waals surface area contributed by atoms with E-state index in [1.54, 1.807) is 12.5 Å². The van der Waals surface area contributed by atoms with E-state index in [1.165, 1.54) is 0 Å². The van der Waals surface area contributed by atoms with Crippen LogP contribution in [0, 0.1) is 0 Å². The molecule has 3 heteroatoms. The van der Waals surface area contributed by atoms with Crippen LogP contribution in [0.15, 0.2) is 0 Å². The Morgan fingerprint density at radius 3 is 0.800 bits per heavy atom. The topological polar surface area (TPSA) is 0 Å². The quantitative estimate of drug-likeness (QED) is 0.466. The molecular weight excluding hydrogens is 289 g/mol. The summed E-state index contributed by atoms with van der Waals surface area (Å²) in [7, 11) is 0. The molecule has 0 amide bonds. The molecule has 0 fully saturated rings. The van der Waals surface area contributed by atoms with Crippen LogP contribution in [-0.4, -0.2) is 12.5 Å². The van der Waals surface area contributed by atoms with Crippen molar-refractivity contribution >= 4 is 25.3 Å². The molecule has 0 spiro atoms.